The summed E-state index contributed by atoms with van der Waals surface area (Å²) < 4.78 is 10.3. The van der Waals surface area contributed by atoms with Crippen LogP contribution < -0.4 is 10.1 Å². The Morgan fingerprint density at radius 1 is 1.45 bits per heavy atom. The van der Waals surface area contributed by atoms with Gasteiger partial charge >= 0.3 is 5.97 Å². The van der Waals surface area contributed by atoms with Gasteiger partial charge < -0.3 is 14.8 Å². The van der Waals surface area contributed by atoms with E-state index in [1.165, 1.54) is 18.2 Å². The minimum absolute atomic E-state index is 0.0494. The Morgan fingerprint density at radius 3 is 2.80 bits per heavy atom. The number of carbonyl (C=O) groups excluding carboxylic acids is 1. The van der Waals surface area contributed by atoms with E-state index in [-0.39, 0.29) is 18.9 Å². The fourth-order valence-electron chi connectivity index (χ4n) is 1.57. The number of nitrogens with zero attached hydrogens (tertiary/aromatic N) is 1. The molecule has 0 aliphatic carbocycles. The third kappa shape index (κ3) is 4.85. The van der Waals surface area contributed by atoms with E-state index in [0.717, 1.165) is 0 Å². The molecule has 0 heterocycles. The van der Waals surface area contributed by atoms with Crippen LogP contribution in [0.2, 0.25) is 0 Å². The first-order valence-corrected chi connectivity index (χ1v) is 6.35. The summed E-state index contributed by atoms with van der Waals surface area (Å²) in [5, 5.41) is 13.6. The monoisotopic (exact) mass is 282 g/mol. The zero-order valence-electron chi connectivity index (χ0n) is 11.5. The second-order valence-corrected chi connectivity index (χ2v) is 3.93. The van der Waals surface area contributed by atoms with Crippen LogP contribution >= 0.6 is 0 Å². The molecule has 0 saturated heterocycles. The zero-order valence-corrected chi connectivity index (χ0v) is 11.5. The molecule has 1 unspecified atom stereocenters. The van der Waals surface area contributed by atoms with Crippen molar-refractivity contribution in [1.82, 2.24) is 5.32 Å². The van der Waals surface area contributed by atoms with Crippen LogP contribution in [-0.2, 0) is 9.53 Å². The third-order valence-electron chi connectivity index (χ3n) is 2.47. The normalized spacial score (nSPS) is 11.7. The molecule has 0 fully saturated rings. The lowest BCUT2D eigenvalue weighted by molar-refractivity contribution is -0.384. The Balaban J connectivity index is 2.64. The van der Waals surface area contributed by atoms with Gasteiger partial charge in [0, 0.05) is 6.07 Å². The van der Waals surface area contributed by atoms with Crippen LogP contribution in [0.3, 0.4) is 0 Å². The third-order valence-corrected chi connectivity index (χ3v) is 2.47. The Morgan fingerprint density at radius 2 is 2.20 bits per heavy atom. The van der Waals surface area contributed by atoms with Gasteiger partial charge in [-0.15, -0.1) is 0 Å². The van der Waals surface area contributed by atoms with Crippen LogP contribution in [0.4, 0.5) is 5.69 Å². The van der Waals surface area contributed by atoms with Gasteiger partial charge in [0.25, 0.3) is 5.69 Å². The molecule has 110 valence electrons. The quantitative estimate of drug-likeness (QED) is 0.441. The Labute approximate surface area is 117 Å². The summed E-state index contributed by atoms with van der Waals surface area (Å²) in [7, 11) is 0. The molecule has 7 nitrogen and oxygen atoms in total. The van der Waals surface area contributed by atoms with Gasteiger partial charge in [-0.25, -0.2) is 0 Å². The molecule has 0 aliphatic rings. The smallest absolute Gasteiger partial charge is 0.326 e. The van der Waals surface area contributed by atoms with Crippen molar-refractivity contribution in [2.75, 3.05) is 19.8 Å². The summed E-state index contributed by atoms with van der Waals surface area (Å²) in [6.45, 7) is 4.51. The van der Waals surface area contributed by atoms with Gasteiger partial charge in [0.2, 0.25) is 0 Å². The van der Waals surface area contributed by atoms with E-state index >= 15 is 0 Å². The number of rotatable bonds is 8. The molecular weight excluding hydrogens is 264 g/mol. The molecular formula is C13H18N2O5. The van der Waals surface area contributed by atoms with Crippen LogP contribution in [-0.4, -0.2) is 36.7 Å². The molecule has 0 radical (unpaired) electrons. The van der Waals surface area contributed by atoms with Crippen molar-refractivity contribution >= 4 is 11.7 Å². The number of non-ortho nitro benzene ring substituents is 1. The Bertz CT molecular complexity index is 464. The molecule has 0 bridgehead atoms. The molecule has 1 N–H and O–H groups in total. The molecule has 0 aromatic heterocycles. The minimum atomic E-state index is -0.598. The van der Waals surface area contributed by atoms with Gasteiger partial charge in [0.1, 0.15) is 18.4 Å². The number of hydrogen-bond acceptors (Lipinski definition) is 6. The van der Waals surface area contributed by atoms with Crippen molar-refractivity contribution in [3.8, 4) is 5.75 Å². The van der Waals surface area contributed by atoms with Crippen LogP contribution in [0.25, 0.3) is 0 Å². The van der Waals surface area contributed by atoms with E-state index in [2.05, 4.69) is 5.32 Å². The predicted octanol–water partition coefficient (Wildman–Crippen LogP) is 1.51. The van der Waals surface area contributed by atoms with E-state index in [1.54, 1.807) is 13.0 Å². The highest BCUT2D eigenvalue weighted by atomic mass is 16.6. The van der Waals surface area contributed by atoms with E-state index in [9.17, 15) is 14.9 Å². The lowest BCUT2D eigenvalue weighted by Gasteiger charge is -2.16. The number of nitro groups is 1. The fourth-order valence-corrected chi connectivity index (χ4v) is 1.57. The lowest BCUT2D eigenvalue weighted by atomic mass is 10.3. The van der Waals surface area contributed by atoms with Gasteiger partial charge in [0.15, 0.2) is 0 Å². The molecule has 0 saturated carbocycles. The first kappa shape index (κ1) is 15.9. The maximum Gasteiger partial charge on any atom is 0.326 e. The number of carbonyl (C=O) groups is 1. The van der Waals surface area contributed by atoms with E-state index in [0.29, 0.717) is 12.3 Å². The molecule has 1 aromatic rings. The number of likely N-dealkylation sites (N-methyl/N-ethyl adjacent to an activating group) is 1. The van der Waals surface area contributed by atoms with Crippen molar-refractivity contribution in [2.24, 2.45) is 0 Å². The van der Waals surface area contributed by atoms with Crippen molar-refractivity contribution < 1.29 is 19.2 Å². The van der Waals surface area contributed by atoms with Crippen molar-refractivity contribution in [3.05, 3.63) is 34.4 Å². The van der Waals surface area contributed by atoms with Crippen LogP contribution in [0.1, 0.15) is 13.8 Å². The summed E-state index contributed by atoms with van der Waals surface area (Å²) in [4.78, 5) is 21.8. The van der Waals surface area contributed by atoms with Gasteiger partial charge in [-0.2, -0.15) is 0 Å². The highest BCUT2D eigenvalue weighted by Gasteiger charge is 2.19. The average Bonchev–Trinajstić information content (AvgIpc) is 2.44. The lowest BCUT2D eigenvalue weighted by Crippen LogP contribution is -2.42. The molecule has 0 spiro atoms. The number of ether oxygens (including phenoxy) is 2. The number of nitro benzene ring substituents is 1. The van der Waals surface area contributed by atoms with Gasteiger partial charge in [-0.1, -0.05) is 13.0 Å². The van der Waals surface area contributed by atoms with E-state index in [1.807, 2.05) is 6.92 Å². The van der Waals surface area contributed by atoms with Gasteiger partial charge in [-0.05, 0) is 19.5 Å². The maximum absolute atomic E-state index is 11.7. The molecule has 20 heavy (non-hydrogen) atoms. The van der Waals surface area contributed by atoms with Crippen molar-refractivity contribution in [1.29, 1.82) is 0 Å². The van der Waals surface area contributed by atoms with Crippen molar-refractivity contribution in [2.45, 2.75) is 19.9 Å². The zero-order chi connectivity index (χ0) is 15.0. The highest BCUT2D eigenvalue weighted by molar-refractivity contribution is 5.76. The minimum Gasteiger partial charge on any atom is -0.491 e. The van der Waals surface area contributed by atoms with Gasteiger partial charge in [0.05, 0.1) is 17.6 Å². The molecule has 0 aliphatic heterocycles. The van der Waals surface area contributed by atoms with Crippen LogP contribution in [0.15, 0.2) is 24.3 Å². The summed E-state index contributed by atoms with van der Waals surface area (Å²) in [6.07, 6.45) is 0. The largest absolute Gasteiger partial charge is 0.491 e. The molecule has 1 rings (SSSR count). The SMILES string of the molecule is CCNC(COc1cccc([N+](=O)[O-])c1)C(=O)OCC. The summed E-state index contributed by atoms with van der Waals surface area (Å²) in [6, 6.07) is 5.22. The molecule has 1 aromatic carbocycles. The summed E-state index contributed by atoms with van der Waals surface area (Å²) >= 11 is 0. The molecule has 0 amide bonds. The molecule has 1 atom stereocenters. The summed E-state index contributed by atoms with van der Waals surface area (Å²) in [5.41, 5.74) is -0.0568. The molecule has 7 heteroatoms. The number of esters is 1. The van der Waals surface area contributed by atoms with E-state index < -0.39 is 16.9 Å². The average molecular weight is 282 g/mol. The first-order chi connectivity index (χ1) is 9.58. The van der Waals surface area contributed by atoms with Crippen LogP contribution in [0, 0.1) is 10.1 Å². The topological polar surface area (TPSA) is 90.7 Å². The fraction of sp³-hybridized carbons (Fsp3) is 0.462. The van der Waals surface area contributed by atoms with Crippen molar-refractivity contribution in [3.63, 3.8) is 0 Å². The standard InChI is InChI=1S/C13H18N2O5/c1-3-14-12(13(16)19-4-2)9-20-11-7-5-6-10(8-11)15(17)18/h5-8,12,14H,3-4,9H2,1-2H3. The first-order valence-electron chi connectivity index (χ1n) is 6.35. The number of nitrogens with one attached hydrogen (secondary N) is 1. The van der Waals surface area contributed by atoms with Gasteiger partial charge in [-0.3, -0.25) is 14.9 Å². The predicted molar refractivity (Wildman–Crippen MR) is 72.7 cm³/mol. The van der Waals surface area contributed by atoms with E-state index in [4.69, 9.17) is 9.47 Å². The Kier molecular flexibility index (Phi) is 6.45. The number of hydrogen-bond donors (Lipinski definition) is 1. The number of benzene rings is 1. The second kappa shape index (κ2) is 8.11. The second-order valence-electron chi connectivity index (χ2n) is 3.93. The highest BCUT2D eigenvalue weighted by Crippen LogP contribution is 2.19. The maximum atomic E-state index is 11.7. The Hall–Kier alpha value is -2.15. The summed E-state index contributed by atoms with van der Waals surface area (Å²) in [5.74, 6) is -0.0637. The van der Waals surface area contributed by atoms with Crippen LogP contribution in [0.5, 0.6) is 5.75 Å².